The van der Waals surface area contributed by atoms with Crippen molar-refractivity contribution in [1.82, 2.24) is 0 Å². The molecule has 0 atom stereocenters. The molecule has 0 saturated carbocycles. The molecule has 21 heavy (non-hydrogen) atoms. The molecule has 0 aromatic rings. The van der Waals surface area contributed by atoms with Crippen molar-refractivity contribution in [2.45, 2.75) is 103 Å². The maximum atomic E-state index is 11.2. The Hall–Kier alpha value is -0.860. The fourth-order valence-corrected chi connectivity index (χ4v) is 2.60. The van der Waals surface area contributed by atoms with Gasteiger partial charge in [-0.05, 0) is 6.42 Å². The summed E-state index contributed by atoms with van der Waals surface area (Å²) in [6.07, 6.45) is 16.8. The van der Waals surface area contributed by atoms with Crippen LogP contribution >= 0.6 is 0 Å². The highest BCUT2D eigenvalue weighted by Gasteiger charge is 2.06. The number of carbonyl (C=O) groups excluding carboxylic acids is 1. The molecule has 0 aromatic heterocycles. The zero-order valence-electron chi connectivity index (χ0n) is 13.9. The van der Waals surface area contributed by atoms with Gasteiger partial charge < -0.3 is 5.11 Å². The Balaban J connectivity index is 3.09. The third-order valence-corrected chi connectivity index (χ3v) is 3.91. The molecule has 0 aromatic carbocycles. The predicted molar refractivity (Wildman–Crippen MR) is 87.6 cm³/mol. The standard InChI is InChI=1S/C18H34O3/c1-2-3-4-5-6-7-8-9-10-11-12-13-14-15-17(19)16-18(20)21/h2-16H2,1H3,(H,20,21). The zero-order chi connectivity index (χ0) is 15.8. The minimum Gasteiger partial charge on any atom is -0.481 e. The van der Waals surface area contributed by atoms with Crippen LogP contribution in [0.5, 0.6) is 0 Å². The van der Waals surface area contributed by atoms with Crippen LogP contribution < -0.4 is 0 Å². The topological polar surface area (TPSA) is 54.4 Å². The maximum Gasteiger partial charge on any atom is 0.310 e. The second-order valence-electron chi connectivity index (χ2n) is 6.10. The molecule has 0 fully saturated rings. The van der Waals surface area contributed by atoms with Gasteiger partial charge in [-0.2, -0.15) is 0 Å². The summed E-state index contributed by atoms with van der Waals surface area (Å²) in [6.45, 7) is 2.25. The Bertz CT molecular complexity index is 261. The molecule has 3 heteroatoms. The van der Waals surface area contributed by atoms with Crippen molar-refractivity contribution in [1.29, 1.82) is 0 Å². The second kappa shape index (κ2) is 15.5. The number of carbonyl (C=O) groups is 2. The fourth-order valence-electron chi connectivity index (χ4n) is 2.60. The highest BCUT2D eigenvalue weighted by Crippen LogP contribution is 2.13. The predicted octanol–water partition coefficient (Wildman–Crippen LogP) is 5.51. The average Bonchev–Trinajstić information content (AvgIpc) is 2.43. The number of carboxylic acids is 1. The first-order valence-corrected chi connectivity index (χ1v) is 8.90. The molecule has 0 rings (SSSR count). The lowest BCUT2D eigenvalue weighted by Crippen LogP contribution is -2.05. The number of aliphatic carboxylic acids is 1. The molecule has 0 bridgehead atoms. The summed E-state index contributed by atoms with van der Waals surface area (Å²) in [7, 11) is 0. The van der Waals surface area contributed by atoms with E-state index in [1.807, 2.05) is 0 Å². The number of unbranched alkanes of at least 4 members (excludes halogenated alkanes) is 12. The lowest BCUT2D eigenvalue weighted by molar-refractivity contribution is -0.140. The van der Waals surface area contributed by atoms with Crippen LogP contribution in [-0.4, -0.2) is 16.9 Å². The van der Waals surface area contributed by atoms with Crippen molar-refractivity contribution in [2.75, 3.05) is 0 Å². The van der Waals surface area contributed by atoms with Crippen molar-refractivity contribution in [3.8, 4) is 0 Å². The fraction of sp³-hybridized carbons (Fsp3) is 0.889. The Morgan fingerprint density at radius 3 is 1.43 bits per heavy atom. The number of Topliss-reactive ketones (excluding diaryl/α,β-unsaturated/α-hetero) is 1. The van der Waals surface area contributed by atoms with Crippen molar-refractivity contribution in [2.24, 2.45) is 0 Å². The van der Waals surface area contributed by atoms with Gasteiger partial charge in [0.1, 0.15) is 12.2 Å². The number of carboxylic acid groups (broad SMARTS) is 1. The minimum atomic E-state index is -1.00. The van der Waals surface area contributed by atoms with E-state index in [2.05, 4.69) is 6.92 Å². The number of ketones is 1. The summed E-state index contributed by atoms with van der Waals surface area (Å²) in [5, 5.41) is 8.47. The third kappa shape index (κ3) is 17.1. The summed E-state index contributed by atoms with van der Waals surface area (Å²) in [5.41, 5.74) is 0. The van der Waals surface area contributed by atoms with Gasteiger partial charge in [-0.25, -0.2) is 0 Å². The first kappa shape index (κ1) is 20.1. The van der Waals surface area contributed by atoms with Crippen LogP contribution in [0.4, 0.5) is 0 Å². The van der Waals surface area contributed by atoms with E-state index in [1.165, 1.54) is 70.6 Å². The highest BCUT2D eigenvalue weighted by molar-refractivity contribution is 5.94. The molecular formula is C18H34O3. The molecular weight excluding hydrogens is 264 g/mol. The van der Waals surface area contributed by atoms with Gasteiger partial charge in [0.15, 0.2) is 0 Å². The average molecular weight is 298 g/mol. The van der Waals surface area contributed by atoms with Crippen molar-refractivity contribution in [3.05, 3.63) is 0 Å². The summed E-state index contributed by atoms with van der Waals surface area (Å²) in [4.78, 5) is 21.5. The Labute approximate surface area is 130 Å². The molecule has 0 spiro atoms. The minimum absolute atomic E-state index is 0.134. The summed E-state index contributed by atoms with van der Waals surface area (Å²) >= 11 is 0. The van der Waals surface area contributed by atoms with E-state index in [-0.39, 0.29) is 12.2 Å². The summed E-state index contributed by atoms with van der Waals surface area (Å²) in [5.74, 6) is -1.14. The third-order valence-electron chi connectivity index (χ3n) is 3.91. The quantitative estimate of drug-likeness (QED) is 0.302. The van der Waals surface area contributed by atoms with Crippen molar-refractivity contribution < 1.29 is 14.7 Å². The molecule has 1 N–H and O–H groups in total. The van der Waals surface area contributed by atoms with Gasteiger partial charge in [0.05, 0.1) is 0 Å². The molecule has 0 aliphatic carbocycles. The van der Waals surface area contributed by atoms with Crippen LogP contribution in [0.2, 0.25) is 0 Å². The molecule has 0 amide bonds. The van der Waals surface area contributed by atoms with Crippen LogP contribution in [-0.2, 0) is 9.59 Å². The van der Waals surface area contributed by atoms with Crippen LogP contribution in [0, 0.1) is 0 Å². The molecule has 0 heterocycles. The van der Waals surface area contributed by atoms with E-state index in [1.54, 1.807) is 0 Å². The highest BCUT2D eigenvalue weighted by atomic mass is 16.4. The lowest BCUT2D eigenvalue weighted by Gasteiger charge is -2.03. The van der Waals surface area contributed by atoms with E-state index >= 15 is 0 Å². The second-order valence-corrected chi connectivity index (χ2v) is 6.10. The molecule has 0 aliphatic rings. The molecule has 0 saturated heterocycles. The van der Waals surface area contributed by atoms with Gasteiger partial charge in [-0.1, -0.05) is 84.0 Å². The molecule has 0 unspecified atom stereocenters. The van der Waals surface area contributed by atoms with E-state index in [9.17, 15) is 9.59 Å². The number of rotatable bonds is 16. The summed E-state index contributed by atoms with van der Waals surface area (Å²) < 4.78 is 0. The summed E-state index contributed by atoms with van der Waals surface area (Å²) in [6, 6.07) is 0. The molecule has 3 nitrogen and oxygen atoms in total. The number of hydrogen-bond acceptors (Lipinski definition) is 2. The van der Waals surface area contributed by atoms with Crippen LogP contribution in [0.1, 0.15) is 103 Å². The van der Waals surface area contributed by atoms with E-state index < -0.39 is 5.97 Å². The Morgan fingerprint density at radius 1 is 0.667 bits per heavy atom. The molecule has 124 valence electrons. The van der Waals surface area contributed by atoms with Gasteiger partial charge in [0.2, 0.25) is 0 Å². The van der Waals surface area contributed by atoms with Gasteiger partial charge >= 0.3 is 5.97 Å². The van der Waals surface area contributed by atoms with Crippen molar-refractivity contribution in [3.63, 3.8) is 0 Å². The normalized spacial score (nSPS) is 10.7. The van der Waals surface area contributed by atoms with Gasteiger partial charge in [-0.15, -0.1) is 0 Å². The first-order chi connectivity index (χ1) is 10.2. The number of hydrogen-bond donors (Lipinski definition) is 1. The van der Waals surface area contributed by atoms with E-state index in [4.69, 9.17) is 5.11 Å². The zero-order valence-corrected chi connectivity index (χ0v) is 13.9. The smallest absolute Gasteiger partial charge is 0.310 e. The van der Waals surface area contributed by atoms with Gasteiger partial charge in [0.25, 0.3) is 0 Å². The van der Waals surface area contributed by atoms with Crippen LogP contribution in [0.15, 0.2) is 0 Å². The van der Waals surface area contributed by atoms with E-state index in [0.717, 1.165) is 12.8 Å². The van der Waals surface area contributed by atoms with Crippen LogP contribution in [0.25, 0.3) is 0 Å². The monoisotopic (exact) mass is 298 g/mol. The maximum absolute atomic E-state index is 11.2. The Morgan fingerprint density at radius 2 is 1.05 bits per heavy atom. The molecule has 0 aliphatic heterocycles. The van der Waals surface area contributed by atoms with Gasteiger partial charge in [-0.3, -0.25) is 9.59 Å². The van der Waals surface area contributed by atoms with Crippen LogP contribution in [0.3, 0.4) is 0 Å². The molecule has 0 radical (unpaired) electrons. The van der Waals surface area contributed by atoms with Gasteiger partial charge in [0, 0.05) is 6.42 Å². The lowest BCUT2D eigenvalue weighted by atomic mass is 10.0. The Kier molecular flexibility index (Phi) is 14.9. The first-order valence-electron chi connectivity index (χ1n) is 8.90. The van der Waals surface area contributed by atoms with Crippen molar-refractivity contribution >= 4 is 11.8 Å². The largest absolute Gasteiger partial charge is 0.481 e. The SMILES string of the molecule is CCCCCCCCCCCCCCCC(=O)CC(=O)O. The van der Waals surface area contributed by atoms with E-state index in [0.29, 0.717) is 6.42 Å².